The number of nitrogens with zero attached hydrogens (tertiary/aromatic N) is 2. The van der Waals surface area contributed by atoms with Crippen LogP contribution < -0.4 is 15.5 Å². The molecule has 2 aliphatic rings. The highest BCUT2D eigenvalue weighted by molar-refractivity contribution is 6.02. The number of nitrogens with one attached hydrogen (secondary N) is 2. The lowest BCUT2D eigenvalue weighted by Gasteiger charge is -2.51. The molecule has 2 aromatic rings. The summed E-state index contributed by atoms with van der Waals surface area (Å²) >= 11 is 0. The second-order valence-electron chi connectivity index (χ2n) is 7.34. The smallest absolute Gasteiger partial charge is 0.317 e. The molecule has 6 nitrogen and oxygen atoms in total. The number of urea groups is 1. The molecular formula is C21H23FN4O2. The van der Waals surface area contributed by atoms with Crippen LogP contribution in [0.25, 0.3) is 0 Å². The molecule has 1 fully saturated rings. The summed E-state index contributed by atoms with van der Waals surface area (Å²) in [6, 6.07) is 13.8. The zero-order valence-corrected chi connectivity index (χ0v) is 15.7. The van der Waals surface area contributed by atoms with Crippen LogP contribution in [0.5, 0.6) is 0 Å². The van der Waals surface area contributed by atoms with E-state index in [-0.39, 0.29) is 17.8 Å². The third-order valence-electron chi connectivity index (χ3n) is 5.72. The van der Waals surface area contributed by atoms with E-state index in [4.69, 9.17) is 0 Å². The Hall–Kier alpha value is -3.09. The van der Waals surface area contributed by atoms with Crippen molar-refractivity contribution in [2.45, 2.75) is 25.0 Å². The van der Waals surface area contributed by atoms with Gasteiger partial charge in [0.05, 0.1) is 11.3 Å². The summed E-state index contributed by atoms with van der Waals surface area (Å²) in [6.45, 7) is 1.50. The molecule has 1 saturated heterocycles. The second kappa shape index (κ2) is 7.14. The van der Waals surface area contributed by atoms with E-state index in [1.54, 1.807) is 4.90 Å². The standard InChI is InChI=1S/C21H23FN4O2/c1-25-18-13-16(22)7-8-17(18)19(27)24-21(25)9-11-26(12-10-21)20(28)23-14-15-5-3-2-4-6-15/h2-8,13H,9-12,14H2,1H3,(H,23,28)(H,24,27). The van der Waals surface area contributed by atoms with Gasteiger partial charge in [-0.15, -0.1) is 0 Å². The molecular weight excluding hydrogens is 359 g/mol. The van der Waals surface area contributed by atoms with E-state index in [1.807, 2.05) is 42.3 Å². The molecule has 0 unspecified atom stereocenters. The van der Waals surface area contributed by atoms with Gasteiger partial charge in [-0.3, -0.25) is 4.79 Å². The summed E-state index contributed by atoms with van der Waals surface area (Å²) < 4.78 is 13.7. The highest BCUT2D eigenvalue weighted by Crippen LogP contribution is 2.36. The minimum Gasteiger partial charge on any atom is -0.351 e. The van der Waals surface area contributed by atoms with Gasteiger partial charge in [-0.2, -0.15) is 0 Å². The lowest BCUT2D eigenvalue weighted by atomic mass is 9.90. The molecule has 0 atom stereocenters. The number of hydrogen-bond acceptors (Lipinski definition) is 3. The Morgan fingerprint density at radius 3 is 2.61 bits per heavy atom. The van der Waals surface area contributed by atoms with E-state index in [0.29, 0.717) is 43.7 Å². The number of carbonyl (C=O) groups is 2. The highest BCUT2D eigenvalue weighted by Gasteiger charge is 2.44. The molecule has 0 bridgehead atoms. The van der Waals surface area contributed by atoms with Gasteiger partial charge < -0.3 is 20.4 Å². The van der Waals surface area contributed by atoms with Gasteiger partial charge in [0.15, 0.2) is 0 Å². The van der Waals surface area contributed by atoms with E-state index in [0.717, 1.165) is 5.56 Å². The van der Waals surface area contributed by atoms with Crippen LogP contribution in [0.4, 0.5) is 14.9 Å². The number of hydrogen-bond donors (Lipinski definition) is 2. The van der Waals surface area contributed by atoms with Gasteiger partial charge in [0.2, 0.25) is 0 Å². The van der Waals surface area contributed by atoms with Gasteiger partial charge in [0.25, 0.3) is 5.91 Å². The Kier molecular flexibility index (Phi) is 4.66. The number of likely N-dealkylation sites (tertiary alicyclic amines) is 1. The zero-order chi connectivity index (χ0) is 19.7. The van der Waals surface area contributed by atoms with Crippen molar-refractivity contribution in [1.29, 1.82) is 0 Å². The largest absolute Gasteiger partial charge is 0.351 e. The second-order valence-corrected chi connectivity index (χ2v) is 7.34. The number of benzene rings is 2. The summed E-state index contributed by atoms with van der Waals surface area (Å²) in [5.74, 6) is -0.566. The van der Waals surface area contributed by atoms with E-state index < -0.39 is 5.66 Å². The van der Waals surface area contributed by atoms with Gasteiger partial charge in [0, 0.05) is 39.5 Å². The molecule has 0 radical (unpaired) electrons. The number of carbonyl (C=O) groups excluding carboxylic acids is 2. The Morgan fingerprint density at radius 1 is 1.18 bits per heavy atom. The summed E-state index contributed by atoms with van der Waals surface area (Å²) in [7, 11) is 1.86. The van der Waals surface area contributed by atoms with Gasteiger partial charge in [0.1, 0.15) is 11.5 Å². The first kappa shape index (κ1) is 18.3. The first-order valence-corrected chi connectivity index (χ1v) is 9.41. The molecule has 4 rings (SSSR count). The molecule has 3 amide bonds. The number of anilines is 1. The van der Waals surface area contributed by atoms with Crippen molar-refractivity contribution in [2.24, 2.45) is 0 Å². The molecule has 0 aromatic heterocycles. The maximum Gasteiger partial charge on any atom is 0.317 e. The monoisotopic (exact) mass is 382 g/mol. The van der Waals surface area contributed by atoms with E-state index in [2.05, 4.69) is 10.6 Å². The average Bonchev–Trinajstić information content (AvgIpc) is 2.71. The van der Waals surface area contributed by atoms with Crippen molar-refractivity contribution in [1.82, 2.24) is 15.5 Å². The van der Waals surface area contributed by atoms with Crippen LogP contribution in [0.2, 0.25) is 0 Å². The van der Waals surface area contributed by atoms with Crippen molar-refractivity contribution in [3.63, 3.8) is 0 Å². The number of halogens is 1. The summed E-state index contributed by atoms with van der Waals surface area (Å²) in [6.07, 6.45) is 1.15. The predicted molar refractivity (Wildman–Crippen MR) is 104 cm³/mol. The first-order chi connectivity index (χ1) is 13.5. The van der Waals surface area contributed by atoms with Crippen LogP contribution in [-0.2, 0) is 6.54 Å². The highest BCUT2D eigenvalue weighted by atomic mass is 19.1. The molecule has 1 spiro atoms. The number of rotatable bonds is 2. The lowest BCUT2D eigenvalue weighted by Crippen LogP contribution is -2.67. The molecule has 2 N–H and O–H groups in total. The van der Waals surface area contributed by atoms with Crippen molar-refractivity contribution in [3.8, 4) is 0 Å². The Labute approximate surface area is 163 Å². The molecule has 2 heterocycles. The third kappa shape index (κ3) is 3.28. The maximum absolute atomic E-state index is 13.7. The average molecular weight is 382 g/mol. The molecule has 2 aliphatic heterocycles. The van der Waals surface area contributed by atoms with Crippen LogP contribution in [0.3, 0.4) is 0 Å². The summed E-state index contributed by atoms with van der Waals surface area (Å²) in [4.78, 5) is 28.7. The Bertz CT molecular complexity index is 895. The number of piperidine rings is 1. The summed E-state index contributed by atoms with van der Waals surface area (Å²) in [5, 5.41) is 6.02. The molecule has 7 heteroatoms. The van der Waals surface area contributed by atoms with E-state index in [9.17, 15) is 14.0 Å². The molecule has 0 saturated carbocycles. The van der Waals surface area contributed by atoms with Gasteiger partial charge in [-0.25, -0.2) is 9.18 Å². The fraction of sp³-hybridized carbons (Fsp3) is 0.333. The minimum absolute atomic E-state index is 0.116. The van der Waals surface area contributed by atoms with Crippen molar-refractivity contribution < 1.29 is 14.0 Å². The molecule has 0 aliphatic carbocycles. The SMILES string of the molecule is CN1c2cc(F)ccc2C(=O)NC12CCN(C(=O)NCc1ccccc1)CC2. The fourth-order valence-electron chi connectivity index (χ4n) is 3.99. The van der Waals surface area contributed by atoms with Crippen molar-refractivity contribution in [3.05, 3.63) is 65.5 Å². The predicted octanol–water partition coefficient (Wildman–Crippen LogP) is 2.71. The molecule has 146 valence electrons. The van der Waals surface area contributed by atoms with E-state index >= 15 is 0 Å². The van der Waals surface area contributed by atoms with Crippen LogP contribution in [-0.4, -0.2) is 42.6 Å². The van der Waals surface area contributed by atoms with Crippen LogP contribution in [0.15, 0.2) is 48.5 Å². The Morgan fingerprint density at radius 2 is 1.89 bits per heavy atom. The first-order valence-electron chi connectivity index (χ1n) is 9.41. The maximum atomic E-state index is 13.7. The molecule has 28 heavy (non-hydrogen) atoms. The van der Waals surface area contributed by atoms with Gasteiger partial charge >= 0.3 is 6.03 Å². The van der Waals surface area contributed by atoms with Crippen LogP contribution >= 0.6 is 0 Å². The topological polar surface area (TPSA) is 64.7 Å². The quantitative estimate of drug-likeness (QED) is 0.839. The van der Waals surface area contributed by atoms with E-state index in [1.165, 1.54) is 18.2 Å². The number of amides is 3. The van der Waals surface area contributed by atoms with Gasteiger partial charge in [-0.05, 0) is 23.8 Å². The zero-order valence-electron chi connectivity index (χ0n) is 15.7. The van der Waals surface area contributed by atoms with Gasteiger partial charge in [-0.1, -0.05) is 30.3 Å². The number of fused-ring (bicyclic) bond motifs is 1. The lowest BCUT2D eigenvalue weighted by molar-refractivity contribution is 0.0809. The van der Waals surface area contributed by atoms with Crippen LogP contribution in [0.1, 0.15) is 28.8 Å². The fourth-order valence-corrected chi connectivity index (χ4v) is 3.99. The minimum atomic E-state index is -0.603. The Balaban J connectivity index is 1.42. The van der Waals surface area contributed by atoms with Crippen molar-refractivity contribution >= 4 is 17.6 Å². The van der Waals surface area contributed by atoms with Crippen molar-refractivity contribution in [2.75, 3.05) is 25.0 Å². The third-order valence-corrected chi connectivity index (χ3v) is 5.72. The normalized spacial score (nSPS) is 17.9. The molecule has 2 aromatic carbocycles. The summed E-state index contributed by atoms with van der Waals surface area (Å²) in [5.41, 5.74) is 1.50. The van der Waals surface area contributed by atoms with Crippen LogP contribution in [0, 0.1) is 5.82 Å².